The number of nitrogens with one attached hydrogen (secondary N) is 1. The van der Waals surface area contributed by atoms with Crippen molar-refractivity contribution in [2.24, 2.45) is 0 Å². The Hall–Kier alpha value is -3.49. The zero-order valence-electron chi connectivity index (χ0n) is 15.4. The fraction of sp³-hybridized carbons (Fsp3) is 0.200. The highest BCUT2D eigenvalue weighted by molar-refractivity contribution is 5.98. The van der Waals surface area contributed by atoms with Gasteiger partial charge in [-0.05, 0) is 49.4 Å². The summed E-state index contributed by atoms with van der Waals surface area (Å²) in [6.45, 7) is 1.05. The van der Waals surface area contributed by atoms with Gasteiger partial charge in [0.1, 0.15) is 11.3 Å². The molecule has 0 aliphatic rings. The Morgan fingerprint density at radius 2 is 1.79 bits per heavy atom. The van der Waals surface area contributed by atoms with Crippen LogP contribution in [0.15, 0.2) is 46.9 Å². The Bertz CT molecular complexity index is 1050. The van der Waals surface area contributed by atoms with Crippen LogP contribution in [-0.2, 0) is 15.7 Å². The van der Waals surface area contributed by atoms with E-state index in [1.54, 1.807) is 25.1 Å². The highest BCUT2D eigenvalue weighted by atomic mass is 19.4. The molecule has 0 aliphatic carbocycles. The molecule has 152 valence electrons. The standard InChI is InChI=1S/C20H16F3NO5/c1-11-15-9-14(27-2)7-8-16(15)29-18(11)19(26)28-10-17(25)24-13-5-3-12(4-6-13)20(21,22)23/h3-9H,10H2,1-2H3,(H,24,25). The van der Waals surface area contributed by atoms with Gasteiger partial charge in [0.15, 0.2) is 6.61 Å². The highest BCUT2D eigenvalue weighted by Crippen LogP contribution is 2.30. The van der Waals surface area contributed by atoms with Gasteiger partial charge in [-0.15, -0.1) is 0 Å². The number of hydrogen-bond donors (Lipinski definition) is 1. The lowest BCUT2D eigenvalue weighted by Crippen LogP contribution is -2.21. The monoisotopic (exact) mass is 407 g/mol. The molecule has 0 saturated heterocycles. The summed E-state index contributed by atoms with van der Waals surface area (Å²) in [7, 11) is 1.51. The molecule has 3 rings (SSSR count). The van der Waals surface area contributed by atoms with Gasteiger partial charge in [-0.1, -0.05) is 0 Å². The van der Waals surface area contributed by atoms with Crippen molar-refractivity contribution in [3.63, 3.8) is 0 Å². The minimum atomic E-state index is -4.47. The number of fused-ring (bicyclic) bond motifs is 1. The van der Waals surface area contributed by atoms with Gasteiger partial charge < -0.3 is 19.2 Å². The number of rotatable bonds is 5. The molecule has 0 fully saturated rings. The molecular formula is C20H16F3NO5. The van der Waals surface area contributed by atoms with Crippen molar-refractivity contribution in [2.45, 2.75) is 13.1 Å². The van der Waals surface area contributed by atoms with Crippen molar-refractivity contribution in [1.82, 2.24) is 0 Å². The molecule has 3 aromatic rings. The predicted octanol–water partition coefficient (Wildman–Crippen LogP) is 4.56. The second-order valence-corrected chi connectivity index (χ2v) is 6.12. The van der Waals surface area contributed by atoms with E-state index in [1.807, 2.05) is 0 Å². The summed E-state index contributed by atoms with van der Waals surface area (Å²) in [4.78, 5) is 24.2. The average Bonchev–Trinajstić information content (AvgIpc) is 3.02. The molecule has 1 amide bonds. The van der Waals surface area contributed by atoms with Crippen molar-refractivity contribution < 1.29 is 36.7 Å². The van der Waals surface area contributed by atoms with Crippen LogP contribution >= 0.6 is 0 Å². The minimum absolute atomic E-state index is 0.0458. The number of methoxy groups -OCH3 is 1. The largest absolute Gasteiger partial charge is 0.497 e. The molecule has 0 unspecified atom stereocenters. The van der Waals surface area contributed by atoms with Crippen LogP contribution in [0, 0.1) is 6.92 Å². The third kappa shape index (κ3) is 4.50. The molecule has 6 nitrogen and oxygen atoms in total. The number of aryl methyl sites for hydroxylation is 1. The van der Waals surface area contributed by atoms with Gasteiger partial charge in [-0.2, -0.15) is 13.2 Å². The lowest BCUT2D eigenvalue weighted by molar-refractivity contribution is -0.137. The quantitative estimate of drug-likeness (QED) is 0.627. The van der Waals surface area contributed by atoms with E-state index in [0.717, 1.165) is 24.3 Å². The first-order valence-corrected chi connectivity index (χ1v) is 8.40. The first-order chi connectivity index (χ1) is 13.7. The topological polar surface area (TPSA) is 77.8 Å². The summed E-state index contributed by atoms with van der Waals surface area (Å²) in [5, 5.41) is 3.02. The van der Waals surface area contributed by atoms with Gasteiger partial charge in [0, 0.05) is 16.6 Å². The molecular weight excluding hydrogens is 391 g/mol. The lowest BCUT2D eigenvalue weighted by Gasteiger charge is -2.09. The maximum atomic E-state index is 12.5. The summed E-state index contributed by atoms with van der Waals surface area (Å²) < 4.78 is 53.2. The zero-order valence-corrected chi connectivity index (χ0v) is 15.4. The molecule has 0 aliphatic heterocycles. The predicted molar refractivity (Wildman–Crippen MR) is 97.9 cm³/mol. The van der Waals surface area contributed by atoms with Crippen molar-refractivity contribution in [2.75, 3.05) is 19.0 Å². The van der Waals surface area contributed by atoms with Gasteiger partial charge in [-0.3, -0.25) is 4.79 Å². The van der Waals surface area contributed by atoms with Crippen LogP contribution in [0.1, 0.15) is 21.7 Å². The van der Waals surface area contributed by atoms with Gasteiger partial charge in [0.2, 0.25) is 5.76 Å². The fourth-order valence-electron chi connectivity index (χ4n) is 2.66. The Balaban J connectivity index is 1.62. The Kier molecular flexibility index (Phi) is 5.49. The molecule has 1 heterocycles. The second-order valence-electron chi connectivity index (χ2n) is 6.12. The number of halogens is 3. The van der Waals surface area contributed by atoms with Crippen LogP contribution in [0.25, 0.3) is 11.0 Å². The number of carbonyl (C=O) groups excluding carboxylic acids is 2. The first-order valence-electron chi connectivity index (χ1n) is 8.40. The molecule has 1 aromatic heterocycles. The van der Waals surface area contributed by atoms with Crippen molar-refractivity contribution in [3.05, 3.63) is 59.4 Å². The number of anilines is 1. The van der Waals surface area contributed by atoms with Crippen LogP contribution < -0.4 is 10.1 Å². The van der Waals surface area contributed by atoms with E-state index in [0.29, 0.717) is 22.3 Å². The molecule has 29 heavy (non-hydrogen) atoms. The highest BCUT2D eigenvalue weighted by Gasteiger charge is 2.30. The summed E-state index contributed by atoms with van der Waals surface area (Å²) >= 11 is 0. The van der Waals surface area contributed by atoms with Gasteiger partial charge in [0.05, 0.1) is 12.7 Å². The van der Waals surface area contributed by atoms with E-state index in [-0.39, 0.29) is 11.4 Å². The zero-order chi connectivity index (χ0) is 21.2. The first kappa shape index (κ1) is 20.2. The summed E-state index contributed by atoms with van der Waals surface area (Å²) in [5.74, 6) is -0.985. The molecule has 9 heteroatoms. The number of esters is 1. The normalized spacial score (nSPS) is 11.3. The second kappa shape index (κ2) is 7.86. The number of ether oxygens (including phenoxy) is 2. The van der Waals surface area contributed by atoms with Gasteiger partial charge in [0.25, 0.3) is 5.91 Å². The molecule has 0 spiro atoms. The summed E-state index contributed by atoms with van der Waals surface area (Å²) in [6.07, 6.45) is -4.47. The van der Waals surface area contributed by atoms with Crippen molar-refractivity contribution in [3.8, 4) is 5.75 Å². The molecule has 0 radical (unpaired) electrons. The average molecular weight is 407 g/mol. The Morgan fingerprint density at radius 3 is 2.41 bits per heavy atom. The fourth-order valence-corrected chi connectivity index (χ4v) is 2.66. The number of hydrogen-bond acceptors (Lipinski definition) is 5. The van der Waals surface area contributed by atoms with E-state index >= 15 is 0 Å². The smallest absolute Gasteiger partial charge is 0.416 e. The number of carbonyl (C=O) groups is 2. The maximum absolute atomic E-state index is 12.5. The molecule has 2 aromatic carbocycles. The van der Waals surface area contributed by atoms with Crippen LogP contribution in [0.2, 0.25) is 0 Å². The minimum Gasteiger partial charge on any atom is -0.497 e. The lowest BCUT2D eigenvalue weighted by atomic mass is 10.1. The third-order valence-corrected chi connectivity index (χ3v) is 4.16. The SMILES string of the molecule is COc1ccc2oc(C(=O)OCC(=O)Nc3ccc(C(F)(F)F)cc3)c(C)c2c1. The van der Waals surface area contributed by atoms with E-state index < -0.39 is 30.2 Å². The van der Waals surface area contributed by atoms with E-state index in [2.05, 4.69) is 5.32 Å². The van der Waals surface area contributed by atoms with Crippen molar-refractivity contribution in [1.29, 1.82) is 0 Å². The van der Waals surface area contributed by atoms with Crippen LogP contribution in [-0.4, -0.2) is 25.6 Å². The summed E-state index contributed by atoms with van der Waals surface area (Å²) in [6, 6.07) is 8.94. The number of amides is 1. The Morgan fingerprint density at radius 1 is 1.10 bits per heavy atom. The third-order valence-electron chi connectivity index (χ3n) is 4.16. The van der Waals surface area contributed by atoms with E-state index in [9.17, 15) is 22.8 Å². The van der Waals surface area contributed by atoms with Gasteiger partial charge >= 0.3 is 12.1 Å². The summed E-state index contributed by atoms with van der Waals surface area (Å²) in [5.41, 5.74) is 0.307. The van der Waals surface area contributed by atoms with E-state index in [4.69, 9.17) is 13.9 Å². The van der Waals surface area contributed by atoms with Crippen LogP contribution in [0.3, 0.4) is 0 Å². The molecule has 0 atom stereocenters. The van der Waals surface area contributed by atoms with Crippen LogP contribution in [0.4, 0.5) is 18.9 Å². The van der Waals surface area contributed by atoms with Crippen LogP contribution in [0.5, 0.6) is 5.75 Å². The maximum Gasteiger partial charge on any atom is 0.416 e. The molecule has 0 bridgehead atoms. The molecule has 0 saturated carbocycles. The number of furan rings is 1. The number of benzene rings is 2. The number of alkyl halides is 3. The van der Waals surface area contributed by atoms with Gasteiger partial charge in [-0.25, -0.2) is 4.79 Å². The van der Waals surface area contributed by atoms with Crippen molar-refractivity contribution >= 4 is 28.5 Å². The Labute approximate surface area is 163 Å². The molecule has 1 N–H and O–H groups in total. The van der Waals surface area contributed by atoms with E-state index in [1.165, 1.54) is 7.11 Å².